The number of thioether (sulfide) groups is 2. The van der Waals surface area contributed by atoms with Gasteiger partial charge in [0, 0.05) is 27.2 Å². The Kier molecular flexibility index (Phi) is 6.19. The van der Waals surface area contributed by atoms with Crippen molar-refractivity contribution in [2.45, 2.75) is 42.7 Å². The fourth-order valence-electron chi connectivity index (χ4n) is 3.55. The Bertz CT molecular complexity index is 1260. The van der Waals surface area contributed by atoms with E-state index in [1.807, 2.05) is 12.5 Å². The number of unbranched alkanes of at least 4 members (excludes halogenated alkanes) is 2. The second-order valence-electron chi connectivity index (χ2n) is 7.20. The molecule has 0 unspecified atom stereocenters. The van der Waals surface area contributed by atoms with Crippen molar-refractivity contribution in [3.05, 3.63) is 33.1 Å². The molecule has 0 saturated carbocycles. The third-order valence-corrected chi connectivity index (χ3v) is 6.74. The molecule has 0 spiro atoms. The molecule has 0 N–H and O–H groups in total. The molecule has 4 rings (SSSR count). The molecule has 31 heavy (non-hydrogen) atoms. The summed E-state index contributed by atoms with van der Waals surface area (Å²) in [6.07, 6.45) is 9.74. The molecule has 164 valence electrons. The lowest BCUT2D eigenvalue weighted by molar-refractivity contribution is 0.509. The van der Waals surface area contributed by atoms with E-state index in [1.54, 1.807) is 45.0 Å². The molecule has 0 aromatic carbocycles. The Balaban J connectivity index is 1.41. The van der Waals surface area contributed by atoms with Crippen molar-refractivity contribution < 1.29 is 0 Å². The van der Waals surface area contributed by atoms with E-state index in [2.05, 4.69) is 20.2 Å². The number of aromatic nitrogens is 8. The minimum absolute atomic E-state index is 0.0746. The number of hydrogen-bond donors (Lipinski definition) is 0. The molecular weight excluding hydrogens is 436 g/mol. The van der Waals surface area contributed by atoms with Gasteiger partial charge in [-0.05, 0) is 31.8 Å². The molecule has 0 saturated heterocycles. The van der Waals surface area contributed by atoms with Crippen LogP contribution in [0.15, 0.2) is 32.3 Å². The average molecular weight is 461 g/mol. The highest BCUT2D eigenvalue weighted by Crippen LogP contribution is 2.16. The maximum Gasteiger partial charge on any atom is 0.265 e. The van der Waals surface area contributed by atoms with E-state index >= 15 is 0 Å². The summed E-state index contributed by atoms with van der Waals surface area (Å²) in [5, 5.41) is 11.2. The van der Waals surface area contributed by atoms with Crippen LogP contribution in [0, 0.1) is 0 Å². The van der Waals surface area contributed by atoms with Crippen molar-refractivity contribution in [3.63, 3.8) is 0 Å². The largest absolute Gasteiger partial charge is 0.290 e. The molecule has 0 aliphatic rings. The van der Waals surface area contributed by atoms with Crippen LogP contribution in [0.1, 0.15) is 19.3 Å². The zero-order chi connectivity index (χ0) is 22.1. The highest BCUT2D eigenvalue weighted by Gasteiger charge is 2.14. The van der Waals surface area contributed by atoms with Gasteiger partial charge in [-0.2, -0.15) is 10.2 Å². The molecule has 4 heterocycles. The number of hydrogen-bond acceptors (Lipinski definition) is 8. The monoisotopic (exact) mass is 460 g/mol. The molecule has 0 amide bonds. The quantitative estimate of drug-likeness (QED) is 0.223. The maximum atomic E-state index is 12.4. The molecule has 0 atom stereocenters. The second-order valence-corrected chi connectivity index (χ2v) is 8.74. The number of aryl methyl sites for hydroxylation is 2. The van der Waals surface area contributed by atoms with Gasteiger partial charge in [-0.15, -0.1) is 0 Å². The first kappa shape index (κ1) is 21.6. The Labute approximate surface area is 186 Å². The minimum Gasteiger partial charge on any atom is -0.290 e. The standard InChI is InChI=1S/C19H24N8O2S2/c1-24-16(28)12-10-20-26(14(12)22-18(24)30-3)8-6-5-7-9-27-15-13(11-21-27)17(29)25(2)19(23-15)31-4/h10-11H,5-9H2,1-4H3. The van der Waals surface area contributed by atoms with E-state index in [1.165, 1.54) is 23.5 Å². The lowest BCUT2D eigenvalue weighted by Crippen LogP contribution is -2.20. The van der Waals surface area contributed by atoms with Crippen molar-refractivity contribution in [3.8, 4) is 0 Å². The summed E-state index contributed by atoms with van der Waals surface area (Å²) in [7, 11) is 3.45. The van der Waals surface area contributed by atoms with Crippen LogP contribution in [0.25, 0.3) is 22.1 Å². The number of fused-ring (bicyclic) bond motifs is 2. The second kappa shape index (κ2) is 8.87. The summed E-state index contributed by atoms with van der Waals surface area (Å²) in [5.74, 6) is 0. The molecule has 0 fully saturated rings. The smallest absolute Gasteiger partial charge is 0.265 e. The summed E-state index contributed by atoms with van der Waals surface area (Å²) < 4.78 is 6.71. The third-order valence-electron chi connectivity index (χ3n) is 5.28. The fourth-order valence-corrected chi connectivity index (χ4v) is 4.62. The van der Waals surface area contributed by atoms with E-state index in [9.17, 15) is 9.59 Å². The van der Waals surface area contributed by atoms with Crippen LogP contribution < -0.4 is 11.1 Å². The highest BCUT2D eigenvalue weighted by atomic mass is 32.2. The molecule has 4 aromatic rings. The van der Waals surface area contributed by atoms with E-state index in [0.717, 1.165) is 19.3 Å². The number of nitrogens with zero attached hydrogens (tertiary/aromatic N) is 8. The lowest BCUT2D eigenvalue weighted by Gasteiger charge is -2.08. The van der Waals surface area contributed by atoms with Crippen LogP contribution in [-0.4, -0.2) is 51.2 Å². The van der Waals surface area contributed by atoms with E-state index in [-0.39, 0.29) is 11.1 Å². The zero-order valence-electron chi connectivity index (χ0n) is 17.9. The zero-order valence-corrected chi connectivity index (χ0v) is 19.5. The average Bonchev–Trinajstić information content (AvgIpc) is 3.37. The summed E-state index contributed by atoms with van der Waals surface area (Å²) >= 11 is 2.88. The van der Waals surface area contributed by atoms with Gasteiger partial charge in [0.1, 0.15) is 10.8 Å². The molecule has 0 aliphatic heterocycles. The van der Waals surface area contributed by atoms with Crippen LogP contribution in [0.2, 0.25) is 0 Å². The molecule has 0 aliphatic carbocycles. The number of rotatable bonds is 8. The van der Waals surface area contributed by atoms with Crippen molar-refractivity contribution in [1.82, 2.24) is 38.7 Å². The first-order chi connectivity index (χ1) is 15.0. The van der Waals surface area contributed by atoms with E-state index in [4.69, 9.17) is 0 Å². The molecule has 12 heteroatoms. The van der Waals surface area contributed by atoms with Crippen molar-refractivity contribution in [2.24, 2.45) is 14.1 Å². The van der Waals surface area contributed by atoms with Gasteiger partial charge < -0.3 is 0 Å². The third kappa shape index (κ3) is 3.89. The van der Waals surface area contributed by atoms with Crippen molar-refractivity contribution in [2.75, 3.05) is 12.5 Å². The molecule has 4 aromatic heterocycles. The van der Waals surface area contributed by atoms with Gasteiger partial charge in [-0.3, -0.25) is 18.7 Å². The van der Waals surface area contributed by atoms with E-state index < -0.39 is 0 Å². The highest BCUT2D eigenvalue weighted by molar-refractivity contribution is 7.98. The molecule has 0 bridgehead atoms. The Hall–Kier alpha value is -2.60. The van der Waals surface area contributed by atoms with Crippen LogP contribution >= 0.6 is 23.5 Å². The van der Waals surface area contributed by atoms with Crippen LogP contribution in [0.5, 0.6) is 0 Å². The van der Waals surface area contributed by atoms with Gasteiger partial charge in [0.15, 0.2) is 21.6 Å². The molecular formula is C19H24N8O2S2. The first-order valence-electron chi connectivity index (χ1n) is 9.89. The molecule has 0 radical (unpaired) electrons. The lowest BCUT2D eigenvalue weighted by atomic mass is 10.2. The predicted molar refractivity (Wildman–Crippen MR) is 123 cm³/mol. The fraction of sp³-hybridized carbons (Fsp3) is 0.474. The Morgan fingerprint density at radius 1 is 0.742 bits per heavy atom. The van der Waals surface area contributed by atoms with Gasteiger partial charge in [0.05, 0.1) is 12.4 Å². The summed E-state index contributed by atoms with van der Waals surface area (Å²) in [6.45, 7) is 1.37. The topological polar surface area (TPSA) is 105 Å². The van der Waals surface area contributed by atoms with Crippen LogP contribution in [0.3, 0.4) is 0 Å². The SMILES string of the molecule is CSc1nc2c(cnn2CCCCCn2ncc3c(=O)n(C)c(SC)nc32)c(=O)n1C. The molecule has 10 nitrogen and oxygen atoms in total. The maximum absolute atomic E-state index is 12.4. The Morgan fingerprint density at radius 2 is 1.16 bits per heavy atom. The van der Waals surface area contributed by atoms with Crippen LogP contribution in [-0.2, 0) is 27.2 Å². The van der Waals surface area contributed by atoms with Gasteiger partial charge in [0.2, 0.25) is 0 Å². The van der Waals surface area contributed by atoms with Gasteiger partial charge in [-0.25, -0.2) is 19.3 Å². The van der Waals surface area contributed by atoms with E-state index in [0.29, 0.717) is 45.5 Å². The van der Waals surface area contributed by atoms with Crippen molar-refractivity contribution in [1.29, 1.82) is 0 Å². The van der Waals surface area contributed by atoms with Crippen molar-refractivity contribution >= 4 is 45.6 Å². The summed E-state index contributed by atoms with van der Waals surface area (Å²) in [6, 6.07) is 0. The van der Waals surface area contributed by atoms with Gasteiger partial charge >= 0.3 is 0 Å². The first-order valence-corrected chi connectivity index (χ1v) is 12.3. The normalized spacial score (nSPS) is 11.7. The van der Waals surface area contributed by atoms with Crippen LogP contribution in [0.4, 0.5) is 0 Å². The van der Waals surface area contributed by atoms with Gasteiger partial charge in [-0.1, -0.05) is 23.5 Å². The predicted octanol–water partition coefficient (Wildman–Crippen LogP) is 1.89. The Morgan fingerprint density at radius 3 is 1.55 bits per heavy atom. The summed E-state index contributed by atoms with van der Waals surface area (Å²) in [4.78, 5) is 34.1. The minimum atomic E-state index is -0.0746. The van der Waals surface area contributed by atoms with Gasteiger partial charge in [0.25, 0.3) is 11.1 Å². The summed E-state index contributed by atoms with van der Waals surface area (Å²) in [5.41, 5.74) is 1.12.